The number of tetrazole rings is 1. The number of anilines is 1. The van der Waals surface area contributed by atoms with Crippen molar-refractivity contribution in [3.8, 4) is 0 Å². The topological polar surface area (TPSA) is 63.9 Å². The number of aromatic nitrogens is 4. The van der Waals surface area contributed by atoms with Crippen molar-refractivity contribution in [1.82, 2.24) is 20.2 Å². The van der Waals surface area contributed by atoms with Gasteiger partial charge in [-0.2, -0.15) is 0 Å². The van der Waals surface area contributed by atoms with E-state index < -0.39 is 0 Å². The fourth-order valence-electron chi connectivity index (χ4n) is 2.70. The molecule has 0 N–H and O–H groups in total. The predicted molar refractivity (Wildman–Crippen MR) is 74.4 cm³/mol. The van der Waals surface area contributed by atoms with Gasteiger partial charge in [0.25, 0.3) is 0 Å². The molecule has 20 heavy (non-hydrogen) atoms. The Morgan fingerprint density at radius 1 is 1.35 bits per heavy atom. The van der Waals surface area contributed by atoms with Crippen LogP contribution in [0.1, 0.15) is 23.1 Å². The van der Waals surface area contributed by atoms with E-state index in [4.69, 9.17) is 0 Å². The number of hydrogen-bond acceptors (Lipinski definition) is 4. The summed E-state index contributed by atoms with van der Waals surface area (Å²) >= 11 is 0. The van der Waals surface area contributed by atoms with Crippen LogP contribution >= 0.6 is 0 Å². The maximum atomic E-state index is 12.5. The fourth-order valence-corrected chi connectivity index (χ4v) is 2.70. The summed E-state index contributed by atoms with van der Waals surface area (Å²) in [5, 5.41) is 10.9. The minimum Gasteiger partial charge on any atom is -0.310 e. The van der Waals surface area contributed by atoms with E-state index in [1.165, 1.54) is 27.7 Å². The molecule has 0 spiro atoms. The lowest BCUT2D eigenvalue weighted by Crippen LogP contribution is -2.38. The highest BCUT2D eigenvalue weighted by molar-refractivity contribution is 5.95. The number of nitrogens with zero attached hydrogens (tertiary/aromatic N) is 5. The quantitative estimate of drug-likeness (QED) is 0.825. The Labute approximate surface area is 117 Å². The Hall–Kier alpha value is -2.24. The molecule has 1 aromatic heterocycles. The molecule has 1 aromatic carbocycles. The summed E-state index contributed by atoms with van der Waals surface area (Å²) in [7, 11) is 0. The molecule has 1 aliphatic heterocycles. The van der Waals surface area contributed by atoms with Gasteiger partial charge >= 0.3 is 0 Å². The number of amides is 1. The first-order valence-corrected chi connectivity index (χ1v) is 6.77. The van der Waals surface area contributed by atoms with Crippen molar-refractivity contribution >= 4 is 11.6 Å². The summed E-state index contributed by atoms with van der Waals surface area (Å²) in [5.74, 6) is 0.0342. The van der Waals surface area contributed by atoms with Crippen LogP contribution in [0.4, 0.5) is 5.69 Å². The van der Waals surface area contributed by atoms with Gasteiger partial charge in [-0.1, -0.05) is 12.1 Å². The first-order chi connectivity index (χ1) is 9.66. The molecule has 1 amide bonds. The second-order valence-electron chi connectivity index (χ2n) is 5.17. The highest BCUT2D eigenvalue weighted by Crippen LogP contribution is 2.32. The van der Waals surface area contributed by atoms with Crippen LogP contribution in [0, 0.1) is 13.8 Å². The monoisotopic (exact) mass is 271 g/mol. The summed E-state index contributed by atoms with van der Waals surface area (Å²) in [6.07, 6.45) is 3.49. The van der Waals surface area contributed by atoms with E-state index in [0.29, 0.717) is 0 Å². The van der Waals surface area contributed by atoms with Gasteiger partial charge in [-0.05, 0) is 53.8 Å². The summed E-state index contributed by atoms with van der Waals surface area (Å²) in [6, 6.07) is 4.26. The minimum absolute atomic E-state index is 0.0342. The zero-order chi connectivity index (χ0) is 14.1. The van der Waals surface area contributed by atoms with Gasteiger partial charge in [0.2, 0.25) is 5.91 Å². The number of fused-ring (bicyclic) bond motifs is 1. The molecule has 0 radical (unpaired) electrons. The summed E-state index contributed by atoms with van der Waals surface area (Å²) in [5.41, 5.74) is 4.73. The number of benzene rings is 1. The number of carbonyl (C=O) groups excluding carboxylic acids is 1. The zero-order valence-electron chi connectivity index (χ0n) is 11.7. The molecule has 0 fully saturated rings. The van der Waals surface area contributed by atoms with E-state index in [-0.39, 0.29) is 12.5 Å². The first-order valence-electron chi connectivity index (χ1n) is 6.77. The van der Waals surface area contributed by atoms with E-state index in [1.54, 1.807) is 0 Å². The van der Waals surface area contributed by atoms with E-state index in [0.717, 1.165) is 25.1 Å². The SMILES string of the molecule is Cc1ccc2c(c1C)N(C(=O)Cn1cnnn1)CCC2. The van der Waals surface area contributed by atoms with Crippen molar-refractivity contribution in [1.29, 1.82) is 0 Å². The highest BCUT2D eigenvalue weighted by atomic mass is 16.2. The Morgan fingerprint density at radius 2 is 2.20 bits per heavy atom. The molecule has 0 saturated carbocycles. The molecule has 2 aromatic rings. The number of hydrogen-bond donors (Lipinski definition) is 0. The van der Waals surface area contributed by atoms with Gasteiger partial charge in [0.05, 0.1) is 5.69 Å². The van der Waals surface area contributed by atoms with Gasteiger partial charge < -0.3 is 4.90 Å². The van der Waals surface area contributed by atoms with Crippen LogP contribution in [0.25, 0.3) is 0 Å². The third-order valence-electron chi connectivity index (χ3n) is 3.87. The molecule has 6 heteroatoms. The maximum absolute atomic E-state index is 12.5. The molecule has 104 valence electrons. The third-order valence-corrected chi connectivity index (χ3v) is 3.87. The van der Waals surface area contributed by atoms with E-state index in [1.807, 2.05) is 4.90 Å². The van der Waals surface area contributed by atoms with Crippen molar-refractivity contribution in [2.45, 2.75) is 33.2 Å². The van der Waals surface area contributed by atoms with E-state index in [9.17, 15) is 4.79 Å². The Morgan fingerprint density at radius 3 is 2.95 bits per heavy atom. The third kappa shape index (κ3) is 2.17. The van der Waals surface area contributed by atoms with E-state index >= 15 is 0 Å². The molecular formula is C14H17N5O. The van der Waals surface area contributed by atoms with Crippen molar-refractivity contribution in [3.05, 3.63) is 35.2 Å². The average molecular weight is 271 g/mol. The largest absolute Gasteiger partial charge is 0.310 e. The average Bonchev–Trinajstić information content (AvgIpc) is 2.95. The lowest BCUT2D eigenvalue weighted by molar-refractivity contribution is -0.119. The van der Waals surface area contributed by atoms with Crippen LogP contribution in [-0.4, -0.2) is 32.7 Å². The van der Waals surface area contributed by atoms with Gasteiger partial charge in [-0.3, -0.25) is 4.79 Å². The van der Waals surface area contributed by atoms with Gasteiger partial charge in [0.15, 0.2) is 0 Å². The zero-order valence-corrected chi connectivity index (χ0v) is 11.7. The van der Waals surface area contributed by atoms with Crippen LogP contribution in [-0.2, 0) is 17.8 Å². The molecule has 0 unspecified atom stereocenters. The van der Waals surface area contributed by atoms with Crippen molar-refractivity contribution in [3.63, 3.8) is 0 Å². The van der Waals surface area contributed by atoms with Gasteiger partial charge in [0, 0.05) is 6.54 Å². The van der Waals surface area contributed by atoms with E-state index in [2.05, 4.69) is 41.5 Å². The smallest absolute Gasteiger partial charge is 0.248 e. The highest BCUT2D eigenvalue weighted by Gasteiger charge is 2.25. The molecule has 0 bridgehead atoms. The van der Waals surface area contributed by atoms with Gasteiger partial charge in [-0.25, -0.2) is 4.68 Å². The Bertz CT molecular complexity index is 635. The predicted octanol–water partition coefficient (Wildman–Crippen LogP) is 1.27. The van der Waals surface area contributed by atoms with Crippen molar-refractivity contribution in [2.24, 2.45) is 0 Å². The summed E-state index contributed by atoms with van der Waals surface area (Å²) in [6.45, 7) is 5.10. The lowest BCUT2D eigenvalue weighted by atomic mass is 9.95. The molecule has 0 atom stereocenters. The molecule has 6 nitrogen and oxygen atoms in total. The van der Waals surface area contributed by atoms with Crippen LogP contribution in [0.2, 0.25) is 0 Å². The van der Waals surface area contributed by atoms with Crippen LogP contribution in [0.15, 0.2) is 18.5 Å². The maximum Gasteiger partial charge on any atom is 0.248 e. The number of rotatable bonds is 2. The standard InChI is InChI=1S/C14H17N5O/c1-10-5-6-12-4-3-7-19(14(12)11(10)2)13(20)8-18-9-15-16-17-18/h5-6,9H,3-4,7-8H2,1-2H3. The lowest BCUT2D eigenvalue weighted by Gasteiger charge is -2.31. The van der Waals surface area contributed by atoms with Gasteiger partial charge in [0.1, 0.15) is 12.9 Å². The normalized spacial score (nSPS) is 14.2. The molecule has 0 saturated heterocycles. The fraction of sp³-hybridized carbons (Fsp3) is 0.429. The molecule has 1 aliphatic rings. The van der Waals surface area contributed by atoms with Crippen LogP contribution in [0.3, 0.4) is 0 Å². The molecule has 0 aliphatic carbocycles. The van der Waals surface area contributed by atoms with Crippen LogP contribution in [0.5, 0.6) is 0 Å². The summed E-state index contributed by atoms with van der Waals surface area (Å²) < 4.78 is 1.46. The Balaban J connectivity index is 1.93. The molecule has 3 rings (SSSR count). The molecular weight excluding hydrogens is 254 g/mol. The number of carbonyl (C=O) groups is 1. The summed E-state index contributed by atoms with van der Waals surface area (Å²) in [4.78, 5) is 14.4. The van der Waals surface area contributed by atoms with Crippen molar-refractivity contribution in [2.75, 3.05) is 11.4 Å². The second kappa shape index (κ2) is 5.03. The first kappa shape index (κ1) is 12.8. The second-order valence-corrected chi connectivity index (χ2v) is 5.17. The van der Waals surface area contributed by atoms with Crippen LogP contribution < -0.4 is 4.90 Å². The minimum atomic E-state index is 0.0342. The Kier molecular flexibility index (Phi) is 3.22. The van der Waals surface area contributed by atoms with Gasteiger partial charge in [-0.15, -0.1) is 5.10 Å². The number of aryl methyl sites for hydroxylation is 2. The van der Waals surface area contributed by atoms with Crippen molar-refractivity contribution < 1.29 is 4.79 Å². The molecule has 2 heterocycles.